The number of hydrogen-bond acceptors (Lipinski definition) is 3. The smallest absolute Gasteiger partial charge is 0.303 e. The van der Waals surface area contributed by atoms with Gasteiger partial charge in [0.2, 0.25) is 0 Å². The topological polar surface area (TPSA) is 70.1 Å². The maximum atomic E-state index is 10.3. The van der Waals surface area contributed by atoms with Crippen LogP contribution in [0.4, 0.5) is 0 Å². The van der Waals surface area contributed by atoms with Crippen LogP contribution in [0.3, 0.4) is 0 Å². The summed E-state index contributed by atoms with van der Waals surface area (Å²) < 4.78 is 5.50. The number of carboxylic acids is 1. The zero-order chi connectivity index (χ0) is 17.6. The summed E-state index contributed by atoms with van der Waals surface area (Å²) in [5.74, 6) is -0.731. The quantitative estimate of drug-likeness (QED) is 0.280. The maximum Gasteiger partial charge on any atom is 0.303 e. The van der Waals surface area contributed by atoms with Crippen molar-refractivity contribution in [2.75, 3.05) is 0 Å². The van der Waals surface area contributed by atoms with Crippen molar-refractivity contribution in [2.24, 2.45) is 0 Å². The van der Waals surface area contributed by atoms with Crippen LogP contribution in [0, 0.1) is 0 Å². The first kappa shape index (κ1) is 20.7. The average molecular weight is 336 g/mol. The van der Waals surface area contributed by atoms with Gasteiger partial charge in [-0.05, 0) is 32.1 Å². The molecule has 0 aromatic heterocycles. The van der Waals surface area contributed by atoms with E-state index in [0.717, 1.165) is 32.1 Å². The van der Waals surface area contributed by atoms with Gasteiger partial charge in [0.05, 0.1) is 6.10 Å². The van der Waals surface area contributed by atoms with E-state index in [1.807, 2.05) is 12.2 Å². The van der Waals surface area contributed by atoms with Gasteiger partial charge in [0.15, 0.2) is 0 Å². The number of rotatable bonds is 14. The number of carboxylic acid groups (broad SMARTS) is 1. The number of carbonyl (C=O) groups is 1. The van der Waals surface area contributed by atoms with E-state index >= 15 is 0 Å². The maximum absolute atomic E-state index is 10.3. The van der Waals surface area contributed by atoms with E-state index in [2.05, 4.69) is 31.2 Å². The second-order valence-corrected chi connectivity index (χ2v) is 6.26. The van der Waals surface area contributed by atoms with E-state index in [1.54, 1.807) is 0 Å². The van der Waals surface area contributed by atoms with Gasteiger partial charge in [-0.1, -0.05) is 62.6 Å². The zero-order valence-corrected chi connectivity index (χ0v) is 14.8. The molecular weight excluding hydrogens is 304 g/mol. The van der Waals surface area contributed by atoms with Gasteiger partial charge >= 0.3 is 5.97 Å². The fourth-order valence-corrected chi connectivity index (χ4v) is 2.52. The highest BCUT2D eigenvalue weighted by Crippen LogP contribution is 2.29. The number of aliphatic hydroxyl groups is 1. The molecule has 0 saturated carbocycles. The van der Waals surface area contributed by atoms with Crippen LogP contribution in [0.2, 0.25) is 0 Å². The second kappa shape index (κ2) is 13.0. The molecule has 1 saturated heterocycles. The Kier molecular flexibility index (Phi) is 11.2. The summed E-state index contributed by atoms with van der Waals surface area (Å²) in [6.45, 7) is 2.16. The number of hydrogen-bond donors (Lipinski definition) is 2. The van der Waals surface area contributed by atoms with Crippen molar-refractivity contribution in [3.05, 3.63) is 36.5 Å². The van der Waals surface area contributed by atoms with E-state index in [4.69, 9.17) is 9.84 Å². The van der Waals surface area contributed by atoms with Crippen LogP contribution < -0.4 is 0 Å². The number of ether oxygens (including phenoxy) is 1. The highest BCUT2D eigenvalue weighted by molar-refractivity contribution is 5.66. The summed E-state index contributed by atoms with van der Waals surface area (Å²) in [5, 5.41) is 18.5. The molecular formula is C20H32O4. The molecule has 1 rings (SSSR count). The van der Waals surface area contributed by atoms with Gasteiger partial charge in [0, 0.05) is 6.42 Å². The van der Waals surface area contributed by atoms with Crippen molar-refractivity contribution in [1.82, 2.24) is 0 Å². The minimum Gasteiger partial charge on any atom is -0.481 e. The third kappa shape index (κ3) is 10.4. The third-order valence-corrected chi connectivity index (χ3v) is 4.01. The molecule has 1 fully saturated rings. The van der Waals surface area contributed by atoms with Crippen LogP contribution >= 0.6 is 0 Å². The number of epoxide rings is 1. The molecule has 4 heteroatoms. The summed E-state index contributed by atoms with van der Waals surface area (Å²) >= 11 is 0. The monoisotopic (exact) mass is 336 g/mol. The predicted molar refractivity (Wildman–Crippen MR) is 97.0 cm³/mol. The molecule has 0 spiro atoms. The summed E-state index contributed by atoms with van der Waals surface area (Å²) in [6.07, 6.45) is 19.9. The number of unbranched alkanes of at least 4 members (excludes halogenated alkanes) is 3. The van der Waals surface area contributed by atoms with Gasteiger partial charge in [-0.15, -0.1) is 0 Å². The van der Waals surface area contributed by atoms with Crippen LogP contribution in [0.1, 0.15) is 64.7 Å². The molecule has 136 valence electrons. The molecule has 1 heterocycles. The standard InChI is InChI=1S/C20H32O4/c1-2-3-11-14-17(21)20-18(24-20)15-12-9-7-5-4-6-8-10-13-16-19(22)23/h5-8,12,15,17-18,20-21H,2-4,9-11,13-14,16H2,1H3,(H,22,23)/b7-5-,8-6-,15-12-/t17-,18-,20-/m1/s1. The van der Waals surface area contributed by atoms with E-state index in [-0.39, 0.29) is 24.7 Å². The van der Waals surface area contributed by atoms with Gasteiger partial charge in [-0.3, -0.25) is 4.79 Å². The first-order chi connectivity index (χ1) is 11.6. The Morgan fingerprint density at radius 2 is 1.79 bits per heavy atom. The molecule has 0 aliphatic carbocycles. The molecule has 2 N–H and O–H groups in total. The van der Waals surface area contributed by atoms with Crippen molar-refractivity contribution in [2.45, 2.75) is 83.0 Å². The van der Waals surface area contributed by atoms with Crippen LogP contribution in [0.25, 0.3) is 0 Å². The SMILES string of the molecule is CCCCC[C@@H](O)[C@H]1O[C@@H]1/C=C\C/C=C\C/C=C\CCCC(=O)O. The van der Waals surface area contributed by atoms with Crippen LogP contribution in [-0.4, -0.2) is 34.5 Å². The lowest BCUT2D eigenvalue weighted by Crippen LogP contribution is -2.16. The van der Waals surface area contributed by atoms with Gasteiger partial charge in [-0.2, -0.15) is 0 Å². The molecule has 0 aromatic rings. The molecule has 3 atom stereocenters. The van der Waals surface area contributed by atoms with Crippen molar-refractivity contribution >= 4 is 5.97 Å². The summed E-state index contributed by atoms with van der Waals surface area (Å²) in [7, 11) is 0. The normalized spacial score (nSPS) is 21.9. The second-order valence-electron chi connectivity index (χ2n) is 6.26. The highest BCUT2D eigenvalue weighted by Gasteiger charge is 2.41. The number of allylic oxidation sites excluding steroid dienone is 5. The summed E-state index contributed by atoms with van der Waals surface area (Å²) in [4.78, 5) is 10.3. The Morgan fingerprint density at radius 1 is 1.08 bits per heavy atom. The van der Waals surface area contributed by atoms with E-state index < -0.39 is 5.97 Å². The molecule has 4 nitrogen and oxygen atoms in total. The minimum atomic E-state index is -0.731. The van der Waals surface area contributed by atoms with Crippen molar-refractivity contribution < 1.29 is 19.7 Å². The Bertz CT molecular complexity index is 425. The van der Waals surface area contributed by atoms with Crippen molar-refractivity contribution in [1.29, 1.82) is 0 Å². The average Bonchev–Trinajstić information content (AvgIpc) is 3.32. The largest absolute Gasteiger partial charge is 0.481 e. The van der Waals surface area contributed by atoms with Crippen molar-refractivity contribution in [3.63, 3.8) is 0 Å². The van der Waals surface area contributed by atoms with Gasteiger partial charge in [0.1, 0.15) is 12.2 Å². The molecule has 1 aliphatic heterocycles. The molecule has 1 aliphatic rings. The molecule has 0 aromatic carbocycles. The number of aliphatic carboxylic acids is 1. The Hall–Kier alpha value is -1.39. The molecule has 0 bridgehead atoms. The Balaban J connectivity index is 2.00. The third-order valence-electron chi connectivity index (χ3n) is 4.01. The van der Waals surface area contributed by atoms with Crippen LogP contribution in [0.15, 0.2) is 36.5 Å². The fraction of sp³-hybridized carbons (Fsp3) is 0.650. The number of aliphatic hydroxyl groups excluding tert-OH is 1. The first-order valence-corrected chi connectivity index (χ1v) is 9.17. The molecule has 24 heavy (non-hydrogen) atoms. The predicted octanol–water partition coefficient (Wildman–Crippen LogP) is 4.40. The lowest BCUT2D eigenvalue weighted by atomic mass is 10.1. The lowest BCUT2D eigenvalue weighted by Gasteiger charge is -2.05. The van der Waals surface area contributed by atoms with Gasteiger partial charge in [-0.25, -0.2) is 0 Å². The fourth-order valence-electron chi connectivity index (χ4n) is 2.52. The van der Waals surface area contributed by atoms with Crippen molar-refractivity contribution in [3.8, 4) is 0 Å². The first-order valence-electron chi connectivity index (χ1n) is 9.17. The van der Waals surface area contributed by atoms with Crippen LogP contribution in [0.5, 0.6) is 0 Å². The molecule has 0 radical (unpaired) electrons. The zero-order valence-electron chi connectivity index (χ0n) is 14.8. The molecule has 0 amide bonds. The van der Waals surface area contributed by atoms with E-state index in [9.17, 15) is 9.90 Å². The minimum absolute atomic E-state index is 0.00387. The highest BCUT2D eigenvalue weighted by atomic mass is 16.6. The summed E-state index contributed by atoms with van der Waals surface area (Å²) in [6, 6.07) is 0. The lowest BCUT2D eigenvalue weighted by molar-refractivity contribution is -0.137. The van der Waals surface area contributed by atoms with Crippen LogP contribution in [-0.2, 0) is 9.53 Å². The Morgan fingerprint density at radius 3 is 2.50 bits per heavy atom. The van der Waals surface area contributed by atoms with E-state index in [0.29, 0.717) is 6.42 Å². The molecule has 0 unspecified atom stereocenters. The Labute approximate surface area is 145 Å². The summed E-state index contributed by atoms with van der Waals surface area (Å²) in [5.41, 5.74) is 0. The van der Waals surface area contributed by atoms with Gasteiger partial charge < -0.3 is 14.9 Å². The van der Waals surface area contributed by atoms with E-state index in [1.165, 1.54) is 12.8 Å². The van der Waals surface area contributed by atoms with Gasteiger partial charge in [0.25, 0.3) is 0 Å².